The van der Waals surface area contributed by atoms with Gasteiger partial charge < -0.3 is 5.32 Å². The molecule has 0 radical (unpaired) electrons. The third kappa shape index (κ3) is 2.83. The molecule has 0 saturated heterocycles. The Balaban J connectivity index is 1.79. The summed E-state index contributed by atoms with van der Waals surface area (Å²) in [5, 5.41) is 3.10. The molecule has 2 rings (SSSR count). The topological polar surface area (TPSA) is 24.9 Å². The Bertz CT molecular complexity index is 332. The Morgan fingerprint density at radius 1 is 1.57 bits per heavy atom. The fourth-order valence-electron chi connectivity index (χ4n) is 1.24. The molecule has 1 aromatic heterocycles. The second-order valence-electron chi connectivity index (χ2n) is 3.51. The minimum Gasteiger partial charge on any atom is -0.381 e. The van der Waals surface area contributed by atoms with E-state index in [1.54, 1.807) is 6.07 Å². The summed E-state index contributed by atoms with van der Waals surface area (Å²) in [6.07, 6.45) is 8.41. The van der Waals surface area contributed by atoms with Crippen LogP contribution in [0.1, 0.15) is 12.8 Å². The van der Waals surface area contributed by atoms with Crippen molar-refractivity contribution in [1.82, 2.24) is 4.98 Å². The molecule has 0 atom stereocenters. The monoisotopic (exact) mass is 192 g/mol. The molecule has 3 heteroatoms. The van der Waals surface area contributed by atoms with Gasteiger partial charge in [-0.3, -0.25) is 0 Å². The van der Waals surface area contributed by atoms with E-state index in [0.29, 0.717) is 0 Å². The van der Waals surface area contributed by atoms with Gasteiger partial charge in [0.15, 0.2) is 0 Å². The van der Waals surface area contributed by atoms with Crippen LogP contribution in [-0.2, 0) is 0 Å². The minimum atomic E-state index is -0.443. The fraction of sp³-hybridized carbons (Fsp3) is 0.364. The van der Waals surface area contributed by atoms with E-state index in [2.05, 4.69) is 22.5 Å². The van der Waals surface area contributed by atoms with Crippen LogP contribution < -0.4 is 5.32 Å². The van der Waals surface area contributed by atoms with Gasteiger partial charge in [-0.05, 0) is 24.8 Å². The maximum absolute atomic E-state index is 12.6. The smallest absolute Gasteiger partial charge is 0.214 e. The van der Waals surface area contributed by atoms with Crippen molar-refractivity contribution in [2.75, 3.05) is 11.9 Å². The molecular weight excluding hydrogens is 179 g/mol. The Morgan fingerprint density at radius 2 is 2.43 bits per heavy atom. The molecule has 0 spiro atoms. The molecule has 14 heavy (non-hydrogen) atoms. The summed E-state index contributed by atoms with van der Waals surface area (Å²) in [5.74, 6) is 0.354. The normalized spacial score (nSPS) is 16.1. The molecule has 1 aromatic rings. The summed E-state index contributed by atoms with van der Waals surface area (Å²) in [5.41, 5.74) is 0.776. The lowest BCUT2D eigenvalue weighted by Crippen LogP contribution is -1.98. The Labute approximate surface area is 82.9 Å². The van der Waals surface area contributed by atoms with Gasteiger partial charge in [0.05, 0.1) is 0 Å². The number of aromatic nitrogens is 1. The number of nitrogens with one attached hydrogen (secondary N) is 1. The molecule has 0 bridgehead atoms. The van der Waals surface area contributed by atoms with E-state index in [1.807, 2.05) is 0 Å². The highest BCUT2D eigenvalue weighted by Crippen LogP contribution is 2.29. The number of anilines is 1. The summed E-state index contributed by atoms with van der Waals surface area (Å²) in [4.78, 5) is 3.48. The van der Waals surface area contributed by atoms with Crippen LogP contribution in [0, 0.1) is 11.9 Å². The summed E-state index contributed by atoms with van der Waals surface area (Å²) in [6, 6.07) is 3.15. The molecule has 2 nitrogen and oxygen atoms in total. The van der Waals surface area contributed by atoms with E-state index >= 15 is 0 Å². The van der Waals surface area contributed by atoms with Crippen molar-refractivity contribution < 1.29 is 4.39 Å². The first-order valence-electron chi connectivity index (χ1n) is 4.87. The van der Waals surface area contributed by atoms with E-state index in [1.165, 1.54) is 25.1 Å². The van der Waals surface area contributed by atoms with Crippen molar-refractivity contribution in [1.29, 1.82) is 0 Å². The van der Waals surface area contributed by atoms with Crippen LogP contribution in [0.15, 0.2) is 30.5 Å². The average Bonchev–Trinajstić information content (AvgIpc) is 2.96. The second kappa shape index (κ2) is 4.22. The van der Waals surface area contributed by atoms with Gasteiger partial charge in [0.2, 0.25) is 5.95 Å². The van der Waals surface area contributed by atoms with Crippen LogP contribution in [0.5, 0.6) is 0 Å². The highest BCUT2D eigenvalue weighted by Gasteiger charge is 2.16. The lowest BCUT2D eigenvalue weighted by atomic mass is 10.3. The van der Waals surface area contributed by atoms with Gasteiger partial charge in [0, 0.05) is 24.5 Å². The van der Waals surface area contributed by atoms with Crippen LogP contribution in [0.3, 0.4) is 0 Å². The van der Waals surface area contributed by atoms with Crippen LogP contribution in [0.2, 0.25) is 0 Å². The SMILES string of the molecule is Fc1cc(NC/C=C/C2CC2)ccn1. The van der Waals surface area contributed by atoms with E-state index in [0.717, 1.165) is 18.2 Å². The van der Waals surface area contributed by atoms with Crippen LogP contribution in [-0.4, -0.2) is 11.5 Å². The Morgan fingerprint density at radius 3 is 3.14 bits per heavy atom. The number of hydrogen-bond donors (Lipinski definition) is 1. The van der Waals surface area contributed by atoms with E-state index < -0.39 is 5.95 Å². The maximum atomic E-state index is 12.6. The van der Waals surface area contributed by atoms with Crippen molar-refractivity contribution in [3.63, 3.8) is 0 Å². The zero-order chi connectivity index (χ0) is 9.80. The number of pyridine rings is 1. The number of hydrogen-bond acceptors (Lipinski definition) is 2. The Hall–Kier alpha value is -1.38. The third-order valence-corrected chi connectivity index (χ3v) is 2.18. The van der Waals surface area contributed by atoms with Crippen molar-refractivity contribution in [2.45, 2.75) is 12.8 Å². The van der Waals surface area contributed by atoms with Gasteiger partial charge in [0.25, 0.3) is 0 Å². The van der Waals surface area contributed by atoms with Crippen LogP contribution >= 0.6 is 0 Å². The fourth-order valence-corrected chi connectivity index (χ4v) is 1.24. The summed E-state index contributed by atoms with van der Waals surface area (Å²) in [7, 11) is 0. The molecule has 0 aromatic carbocycles. The van der Waals surface area contributed by atoms with Crippen LogP contribution in [0.25, 0.3) is 0 Å². The number of rotatable bonds is 4. The first-order chi connectivity index (χ1) is 6.84. The summed E-state index contributed by atoms with van der Waals surface area (Å²) in [6.45, 7) is 0.750. The molecule has 1 saturated carbocycles. The summed E-state index contributed by atoms with van der Waals surface area (Å²) < 4.78 is 12.6. The molecule has 74 valence electrons. The largest absolute Gasteiger partial charge is 0.381 e. The van der Waals surface area contributed by atoms with E-state index in [9.17, 15) is 4.39 Å². The highest BCUT2D eigenvalue weighted by molar-refractivity contribution is 5.41. The van der Waals surface area contributed by atoms with Gasteiger partial charge in [-0.2, -0.15) is 4.39 Å². The maximum Gasteiger partial charge on any atom is 0.214 e. The van der Waals surface area contributed by atoms with Gasteiger partial charge >= 0.3 is 0 Å². The van der Waals surface area contributed by atoms with Gasteiger partial charge in [-0.1, -0.05) is 12.2 Å². The molecule has 1 N–H and O–H groups in total. The van der Waals surface area contributed by atoms with E-state index in [4.69, 9.17) is 0 Å². The molecule has 0 aliphatic heterocycles. The van der Waals surface area contributed by atoms with Crippen LogP contribution in [0.4, 0.5) is 10.1 Å². The standard InChI is InChI=1S/C11H13FN2/c12-11-8-10(5-7-14-11)13-6-1-2-9-3-4-9/h1-2,5,7-9H,3-4,6H2,(H,13,14)/b2-1+. The quantitative estimate of drug-likeness (QED) is 0.586. The minimum absolute atomic E-state index is 0.443. The molecule has 1 aliphatic rings. The number of nitrogens with zero attached hydrogens (tertiary/aromatic N) is 1. The van der Waals surface area contributed by atoms with Gasteiger partial charge in [-0.15, -0.1) is 0 Å². The molecule has 0 unspecified atom stereocenters. The van der Waals surface area contributed by atoms with Crippen molar-refractivity contribution in [3.05, 3.63) is 36.4 Å². The lowest BCUT2D eigenvalue weighted by molar-refractivity contribution is 0.584. The first-order valence-corrected chi connectivity index (χ1v) is 4.87. The zero-order valence-electron chi connectivity index (χ0n) is 7.91. The second-order valence-corrected chi connectivity index (χ2v) is 3.51. The predicted octanol–water partition coefficient (Wildman–Crippen LogP) is 2.60. The number of halogens is 1. The van der Waals surface area contributed by atoms with E-state index in [-0.39, 0.29) is 0 Å². The zero-order valence-corrected chi connectivity index (χ0v) is 7.91. The molecule has 1 fully saturated rings. The Kier molecular flexibility index (Phi) is 2.77. The van der Waals surface area contributed by atoms with Crippen molar-refractivity contribution >= 4 is 5.69 Å². The highest BCUT2D eigenvalue weighted by atomic mass is 19.1. The third-order valence-electron chi connectivity index (χ3n) is 2.18. The predicted molar refractivity (Wildman–Crippen MR) is 54.5 cm³/mol. The lowest BCUT2D eigenvalue weighted by Gasteiger charge is -2.01. The average molecular weight is 192 g/mol. The molecule has 1 aliphatic carbocycles. The van der Waals surface area contributed by atoms with Gasteiger partial charge in [0.1, 0.15) is 0 Å². The molecule has 1 heterocycles. The first kappa shape index (κ1) is 9.19. The van der Waals surface area contributed by atoms with Crippen molar-refractivity contribution in [3.8, 4) is 0 Å². The molecular formula is C11H13FN2. The molecule has 0 amide bonds. The summed E-state index contributed by atoms with van der Waals surface area (Å²) >= 11 is 0. The van der Waals surface area contributed by atoms with Crippen molar-refractivity contribution in [2.24, 2.45) is 5.92 Å². The number of allylic oxidation sites excluding steroid dienone is 1. The van der Waals surface area contributed by atoms with Gasteiger partial charge in [-0.25, -0.2) is 4.98 Å².